The molecule has 0 amide bonds. The van der Waals surface area contributed by atoms with E-state index >= 15 is 0 Å². The topological polar surface area (TPSA) is 30.9 Å². The van der Waals surface area contributed by atoms with Gasteiger partial charge in [-0.1, -0.05) is 0 Å². The summed E-state index contributed by atoms with van der Waals surface area (Å²) in [6.45, 7) is 1.91. The van der Waals surface area contributed by atoms with Gasteiger partial charge in [-0.2, -0.15) is 0 Å². The summed E-state index contributed by atoms with van der Waals surface area (Å²) in [4.78, 5) is 2.15. The number of methoxy groups -OCH3 is 1. The smallest absolute Gasteiger partial charge is 0.188 e. The molecule has 0 aliphatic carbocycles. The number of anilines is 1. The Hall–Kier alpha value is -1.42. The van der Waals surface area contributed by atoms with Crippen LogP contribution in [0.3, 0.4) is 0 Å². The van der Waals surface area contributed by atoms with Crippen molar-refractivity contribution in [3.05, 3.63) is 18.2 Å². The molecule has 1 aromatic carbocycles. The van der Waals surface area contributed by atoms with Crippen molar-refractivity contribution in [2.24, 2.45) is 0 Å². The average molecular weight is 209 g/mol. The Balaban J connectivity index is 2.19. The van der Waals surface area contributed by atoms with Crippen molar-refractivity contribution in [3.63, 3.8) is 0 Å². The van der Waals surface area contributed by atoms with Gasteiger partial charge in [0.05, 0.1) is 12.2 Å². The number of likely N-dealkylation sites (N-methyl/N-ethyl adjacent to an activating group) is 1. The molecule has 0 fully saturated rings. The highest BCUT2D eigenvalue weighted by Crippen LogP contribution is 2.33. The lowest BCUT2D eigenvalue weighted by molar-refractivity contribution is 0.0511. The summed E-state index contributed by atoms with van der Waals surface area (Å²) < 4.78 is 15.7. The minimum absolute atomic E-state index is 0.267. The lowest BCUT2D eigenvalue weighted by Gasteiger charge is -2.27. The molecule has 2 rings (SSSR count). The minimum Gasteiger partial charge on any atom is -0.490 e. The fraction of sp³-hybridized carbons (Fsp3) is 0.455. The number of fused-ring (bicyclic) bond motifs is 1. The number of hydrogen-bond donors (Lipinski definition) is 0. The molecular formula is C11H15NO3. The highest BCUT2D eigenvalue weighted by Gasteiger charge is 2.15. The molecule has 0 N–H and O–H groups in total. The van der Waals surface area contributed by atoms with Gasteiger partial charge in [0, 0.05) is 20.2 Å². The summed E-state index contributed by atoms with van der Waals surface area (Å²) in [6.07, 6.45) is 0. The van der Waals surface area contributed by atoms with E-state index in [1.807, 2.05) is 25.2 Å². The Morgan fingerprint density at radius 2 is 2.33 bits per heavy atom. The number of benzene rings is 1. The van der Waals surface area contributed by atoms with Crippen LogP contribution in [0.5, 0.6) is 11.5 Å². The van der Waals surface area contributed by atoms with E-state index in [4.69, 9.17) is 14.2 Å². The third kappa shape index (κ3) is 2.15. The van der Waals surface area contributed by atoms with Crippen LogP contribution in [0.4, 0.5) is 5.69 Å². The van der Waals surface area contributed by atoms with Crippen LogP contribution < -0.4 is 14.4 Å². The van der Waals surface area contributed by atoms with Gasteiger partial charge < -0.3 is 19.1 Å². The molecular weight excluding hydrogens is 194 g/mol. The first-order chi connectivity index (χ1) is 7.31. The number of ether oxygens (including phenoxy) is 3. The van der Waals surface area contributed by atoms with Gasteiger partial charge >= 0.3 is 0 Å². The Kier molecular flexibility index (Phi) is 2.97. The SMILES string of the molecule is COCOc1ccc2c(c1)N(C)CCO2. The van der Waals surface area contributed by atoms with Crippen LogP contribution in [-0.2, 0) is 4.74 Å². The molecule has 1 heterocycles. The zero-order chi connectivity index (χ0) is 10.7. The van der Waals surface area contributed by atoms with Gasteiger partial charge in [0.2, 0.25) is 0 Å². The van der Waals surface area contributed by atoms with Gasteiger partial charge in [0.1, 0.15) is 18.1 Å². The molecule has 0 radical (unpaired) electrons. The molecule has 1 aliphatic heterocycles. The first kappa shape index (κ1) is 10.1. The third-order valence-electron chi connectivity index (χ3n) is 2.37. The quantitative estimate of drug-likeness (QED) is 0.706. The summed E-state index contributed by atoms with van der Waals surface area (Å²) in [6, 6.07) is 5.78. The largest absolute Gasteiger partial charge is 0.490 e. The number of hydrogen-bond acceptors (Lipinski definition) is 4. The Labute approximate surface area is 89.4 Å². The molecule has 0 unspecified atom stereocenters. The minimum atomic E-state index is 0.267. The standard InChI is InChI=1S/C11H15NO3/c1-12-5-6-14-11-4-3-9(7-10(11)12)15-8-13-2/h3-4,7H,5-6,8H2,1-2H3. The number of rotatable bonds is 3. The molecule has 0 saturated carbocycles. The van der Waals surface area contributed by atoms with E-state index in [0.717, 1.165) is 30.3 Å². The zero-order valence-corrected chi connectivity index (χ0v) is 9.03. The van der Waals surface area contributed by atoms with Crippen LogP contribution >= 0.6 is 0 Å². The van der Waals surface area contributed by atoms with Gasteiger partial charge in [-0.3, -0.25) is 0 Å². The van der Waals surface area contributed by atoms with Crippen LogP contribution in [0.1, 0.15) is 0 Å². The van der Waals surface area contributed by atoms with Crippen LogP contribution in [-0.4, -0.2) is 34.1 Å². The molecule has 0 bridgehead atoms. The maximum atomic E-state index is 5.52. The Bertz CT molecular complexity index is 341. The predicted octanol–water partition coefficient (Wildman–Crippen LogP) is 1.50. The van der Waals surface area contributed by atoms with E-state index in [1.54, 1.807) is 7.11 Å². The third-order valence-corrected chi connectivity index (χ3v) is 2.37. The van der Waals surface area contributed by atoms with Crippen molar-refractivity contribution in [2.45, 2.75) is 0 Å². The predicted molar refractivity (Wildman–Crippen MR) is 57.7 cm³/mol. The van der Waals surface area contributed by atoms with Crippen molar-refractivity contribution in [2.75, 3.05) is 39.0 Å². The summed E-state index contributed by atoms with van der Waals surface area (Å²) >= 11 is 0. The van der Waals surface area contributed by atoms with E-state index in [2.05, 4.69) is 4.90 Å². The second-order valence-corrected chi connectivity index (χ2v) is 3.45. The molecule has 1 aliphatic rings. The molecule has 82 valence electrons. The van der Waals surface area contributed by atoms with E-state index in [9.17, 15) is 0 Å². The Morgan fingerprint density at radius 1 is 1.47 bits per heavy atom. The normalized spacial score (nSPS) is 14.4. The lowest BCUT2D eigenvalue weighted by atomic mass is 10.2. The molecule has 4 nitrogen and oxygen atoms in total. The van der Waals surface area contributed by atoms with Gasteiger partial charge in [0.25, 0.3) is 0 Å². The van der Waals surface area contributed by atoms with Crippen molar-refractivity contribution in [1.82, 2.24) is 0 Å². The molecule has 4 heteroatoms. The Morgan fingerprint density at radius 3 is 3.13 bits per heavy atom. The first-order valence-corrected chi connectivity index (χ1v) is 4.91. The lowest BCUT2D eigenvalue weighted by Crippen LogP contribution is -2.28. The van der Waals surface area contributed by atoms with E-state index < -0.39 is 0 Å². The van der Waals surface area contributed by atoms with Gasteiger partial charge in [-0.05, 0) is 12.1 Å². The highest BCUT2D eigenvalue weighted by molar-refractivity contribution is 5.62. The van der Waals surface area contributed by atoms with E-state index in [-0.39, 0.29) is 6.79 Å². The molecule has 0 aromatic heterocycles. The van der Waals surface area contributed by atoms with Crippen LogP contribution in [0, 0.1) is 0 Å². The van der Waals surface area contributed by atoms with Gasteiger partial charge in [-0.15, -0.1) is 0 Å². The summed E-state index contributed by atoms with van der Waals surface area (Å²) in [5.41, 5.74) is 1.06. The van der Waals surface area contributed by atoms with Crippen LogP contribution in [0.15, 0.2) is 18.2 Å². The average Bonchev–Trinajstić information content (AvgIpc) is 2.27. The van der Waals surface area contributed by atoms with Crippen LogP contribution in [0.25, 0.3) is 0 Å². The second-order valence-electron chi connectivity index (χ2n) is 3.45. The monoisotopic (exact) mass is 209 g/mol. The van der Waals surface area contributed by atoms with Crippen molar-refractivity contribution in [3.8, 4) is 11.5 Å². The molecule has 0 saturated heterocycles. The van der Waals surface area contributed by atoms with E-state index in [0.29, 0.717) is 0 Å². The fourth-order valence-corrected chi connectivity index (χ4v) is 1.55. The summed E-state index contributed by atoms with van der Waals surface area (Å²) in [5, 5.41) is 0. The molecule has 15 heavy (non-hydrogen) atoms. The van der Waals surface area contributed by atoms with E-state index in [1.165, 1.54) is 0 Å². The highest BCUT2D eigenvalue weighted by atomic mass is 16.7. The number of nitrogens with zero attached hydrogens (tertiary/aromatic N) is 1. The maximum absolute atomic E-state index is 5.52. The fourth-order valence-electron chi connectivity index (χ4n) is 1.55. The summed E-state index contributed by atoms with van der Waals surface area (Å²) in [7, 11) is 3.65. The van der Waals surface area contributed by atoms with Crippen molar-refractivity contribution in [1.29, 1.82) is 0 Å². The van der Waals surface area contributed by atoms with Crippen molar-refractivity contribution < 1.29 is 14.2 Å². The van der Waals surface area contributed by atoms with Gasteiger partial charge in [-0.25, -0.2) is 0 Å². The van der Waals surface area contributed by atoms with Gasteiger partial charge in [0.15, 0.2) is 6.79 Å². The van der Waals surface area contributed by atoms with Crippen molar-refractivity contribution >= 4 is 5.69 Å². The molecule has 1 aromatic rings. The maximum Gasteiger partial charge on any atom is 0.188 e. The van der Waals surface area contributed by atoms with Crippen LogP contribution in [0.2, 0.25) is 0 Å². The molecule has 0 spiro atoms. The second kappa shape index (κ2) is 4.40. The zero-order valence-electron chi connectivity index (χ0n) is 9.03. The summed E-state index contributed by atoms with van der Waals surface area (Å²) in [5.74, 6) is 1.71. The first-order valence-electron chi connectivity index (χ1n) is 4.91. The molecule has 0 atom stereocenters.